The second kappa shape index (κ2) is 6.57. The molecule has 0 aromatic carbocycles. The summed E-state index contributed by atoms with van der Waals surface area (Å²) in [5.41, 5.74) is 2.15. The Morgan fingerprint density at radius 1 is 1.26 bits per heavy atom. The minimum absolute atomic E-state index is 0.522. The zero-order valence-corrected chi connectivity index (χ0v) is 14.0. The highest BCUT2D eigenvalue weighted by atomic mass is 15.2. The number of imidazole rings is 1. The first-order valence-corrected chi connectivity index (χ1v) is 9.12. The monoisotopic (exact) mass is 313 g/mol. The summed E-state index contributed by atoms with van der Waals surface area (Å²) < 4.78 is 2.49. The number of likely N-dealkylation sites (N-methyl/N-ethyl adjacent to an activating group) is 1. The largest absolute Gasteiger partial charge is 0.317 e. The molecule has 0 amide bonds. The lowest BCUT2D eigenvalue weighted by Gasteiger charge is -2.34. The van der Waals surface area contributed by atoms with E-state index in [4.69, 9.17) is 4.98 Å². The predicted molar refractivity (Wildman–Crippen MR) is 92.8 cm³/mol. The second-order valence-electron chi connectivity index (χ2n) is 6.90. The van der Waals surface area contributed by atoms with Crippen molar-refractivity contribution < 1.29 is 0 Å². The molecular weight excluding hydrogens is 286 g/mol. The maximum Gasteiger partial charge on any atom is 0.160 e. The third-order valence-corrected chi connectivity index (χ3v) is 5.47. The Labute approximate surface area is 138 Å². The second-order valence-corrected chi connectivity index (χ2v) is 6.90. The summed E-state index contributed by atoms with van der Waals surface area (Å²) in [6, 6.07) is 4.64. The van der Waals surface area contributed by atoms with Crippen LogP contribution in [0.25, 0.3) is 11.2 Å². The summed E-state index contributed by atoms with van der Waals surface area (Å²) in [6.07, 6.45) is 6.81. The van der Waals surface area contributed by atoms with Crippen molar-refractivity contribution in [1.82, 2.24) is 24.8 Å². The third kappa shape index (κ3) is 2.88. The zero-order valence-electron chi connectivity index (χ0n) is 14.0. The van der Waals surface area contributed by atoms with Gasteiger partial charge in [-0.05, 0) is 64.0 Å². The molecule has 23 heavy (non-hydrogen) atoms. The van der Waals surface area contributed by atoms with Gasteiger partial charge in [0.15, 0.2) is 5.65 Å². The van der Waals surface area contributed by atoms with Crippen LogP contribution < -0.4 is 5.32 Å². The van der Waals surface area contributed by atoms with Gasteiger partial charge < -0.3 is 14.8 Å². The Kier molecular flexibility index (Phi) is 4.31. The summed E-state index contributed by atoms with van der Waals surface area (Å²) in [5, 5.41) is 3.47. The summed E-state index contributed by atoms with van der Waals surface area (Å²) >= 11 is 0. The first kappa shape index (κ1) is 15.1. The van der Waals surface area contributed by atoms with Crippen molar-refractivity contribution in [2.75, 3.05) is 32.7 Å². The fraction of sp³-hybridized carbons (Fsp3) is 0.667. The van der Waals surface area contributed by atoms with Crippen LogP contribution in [0.2, 0.25) is 0 Å². The van der Waals surface area contributed by atoms with Gasteiger partial charge >= 0.3 is 0 Å². The smallest absolute Gasteiger partial charge is 0.160 e. The van der Waals surface area contributed by atoms with Crippen LogP contribution in [0.4, 0.5) is 0 Å². The van der Waals surface area contributed by atoms with Crippen LogP contribution in [0, 0.1) is 0 Å². The van der Waals surface area contributed by atoms with Gasteiger partial charge in [0.25, 0.3) is 0 Å². The highest BCUT2D eigenvalue weighted by Gasteiger charge is 2.29. The quantitative estimate of drug-likeness (QED) is 0.946. The van der Waals surface area contributed by atoms with E-state index in [1.807, 2.05) is 12.3 Å². The van der Waals surface area contributed by atoms with Gasteiger partial charge in [-0.1, -0.05) is 6.92 Å². The van der Waals surface area contributed by atoms with Crippen molar-refractivity contribution in [2.24, 2.45) is 0 Å². The maximum absolute atomic E-state index is 5.02. The van der Waals surface area contributed by atoms with Gasteiger partial charge in [0.2, 0.25) is 0 Å². The van der Waals surface area contributed by atoms with Crippen LogP contribution >= 0.6 is 0 Å². The molecule has 0 spiro atoms. The van der Waals surface area contributed by atoms with Gasteiger partial charge in [-0.15, -0.1) is 0 Å². The van der Waals surface area contributed by atoms with E-state index in [1.54, 1.807) is 0 Å². The number of likely N-dealkylation sites (tertiary alicyclic amines) is 1. The molecule has 124 valence electrons. The molecule has 4 rings (SSSR count). The summed E-state index contributed by atoms with van der Waals surface area (Å²) in [6.45, 7) is 7.98. The van der Waals surface area contributed by atoms with Gasteiger partial charge in [0.1, 0.15) is 11.3 Å². The van der Waals surface area contributed by atoms with Crippen molar-refractivity contribution in [3.63, 3.8) is 0 Å². The Hall–Kier alpha value is -1.46. The molecular formula is C18H27N5. The van der Waals surface area contributed by atoms with E-state index < -0.39 is 0 Å². The molecule has 1 unspecified atom stereocenters. The molecule has 2 aliphatic rings. The number of hydrogen-bond acceptors (Lipinski definition) is 4. The summed E-state index contributed by atoms with van der Waals surface area (Å²) in [7, 11) is 0. The molecule has 0 radical (unpaired) electrons. The van der Waals surface area contributed by atoms with Gasteiger partial charge in [-0.3, -0.25) is 0 Å². The van der Waals surface area contributed by atoms with E-state index in [0.717, 1.165) is 37.3 Å². The molecule has 2 aliphatic heterocycles. The van der Waals surface area contributed by atoms with Gasteiger partial charge in [0, 0.05) is 24.7 Å². The fourth-order valence-corrected chi connectivity index (χ4v) is 4.20. The third-order valence-electron chi connectivity index (χ3n) is 5.47. The molecule has 2 fully saturated rings. The van der Waals surface area contributed by atoms with Crippen molar-refractivity contribution in [2.45, 2.75) is 44.6 Å². The number of aromatic nitrogens is 3. The number of fused-ring (bicyclic) bond motifs is 1. The van der Waals surface area contributed by atoms with Crippen molar-refractivity contribution >= 4 is 11.2 Å². The number of hydrogen-bond donors (Lipinski definition) is 1. The predicted octanol–water partition coefficient (Wildman–Crippen LogP) is 2.56. The van der Waals surface area contributed by atoms with Crippen LogP contribution in [0.3, 0.4) is 0 Å². The molecule has 4 heterocycles. The van der Waals surface area contributed by atoms with Crippen LogP contribution in [-0.4, -0.2) is 52.2 Å². The Morgan fingerprint density at radius 2 is 2.13 bits per heavy atom. The Morgan fingerprint density at radius 3 is 2.96 bits per heavy atom. The van der Waals surface area contributed by atoms with Crippen molar-refractivity contribution in [1.29, 1.82) is 0 Å². The lowest BCUT2D eigenvalue weighted by atomic mass is 9.96. The van der Waals surface area contributed by atoms with E-state index in [9.17, 15) is 0 Å². The molecule has 2 aromatic rings. The topological polar surface area (TPSA) is 46.0 Å². The molecule has 2 saturated heterocycles. The van der Waals surface area contributed by atoms with Crippen LogP contribution in [0.5, 0.6) is 0 Å². The number of pyridine rings is 1. The fourth-order valence-electron chi connectivity index (χ4n) is 4.20. The van der Waals surface area contributed by atoms with Gasteiger partial charge in [-0.25, -0.2) is 9.97 Å². The van der Waals surface area contributed by atoms with Crippen molar-refractivity contribution in [3.8, 4) is 0 Å². The van der Waals surface area contributed by atoms with E-state index in [2.05, 4.69) is 32.8 Å². The van der Waals surface area contributed by atoms with E-state index in [0.29, 0.717) is 12.0 Å². The number of nitrogens with one attached hydrogen (secondary N) is 1. The summed E-state index contributed by atoms with van der Waals surface area (Å²) in [5.74, 6) is 1.85. The minimum Gasteiger partial charge on any atom is -0.317 e. The highest BCUT2D eigenvalue weighted by molar-refractivity contribution is 5.71. The van der Waals surface area contributed by atoms with Gasteiger partial charge in [0.05, 0.1) is 0 Å². The van der Waals surface area contributed by atoms with Crippen LogP contribution in [0.15, 0.2) is 18.3 Å². The minimum atomic E-state index is 0.522. The lowest BCUT2D eigenvalue weighted by Crippen LogP contribution is -2.37. The molecule has 0 bridgehead atoms. The maximum atomic E-state index is 5.02. The molecule has 0 saturated carbocycles. The first-order valence-electron chi connectivity index (χ1n) is 9.12. The molecule has 5 heteroatoms. The van der Waals surface area contributed by atoms with Crippen molar-refractivity contribution in [3.05, 3.63) is 24.2 Å². The van der Waals surface area contributed by atoms with Crippen LogP contribution in [0.1, 0.15) is 50.4 Å². The number of rotatable bonds is 3. The number of nitrogens with zero attached hydrogens (tertiary/aromatic N) is 4. The standard InChI is InChI=1S/C18H27N5/c1-2-22-12-4-5-15(13-22)23-17(14-7-10-19-11-8-14)21-16-6-3-9-20-18(16)23/h3,6,9,14-15,19H,2,4-5,7-8,10-13H2,1H3. The van der Waals surface area contributed by atoms with E-state index >= 15 is 0 Å². The molecule has 0 aliphatic carbocycles. The lowest BCUT2D eigenvalue weighted by molar-refractivity contribution is 0.183. The normalized spacial score (nSPS) is 24.3. The first-order chi connectivity index (χ1) is 11.4. The molecule has 1 N–H and O–H groups in total. The highest BCUT2D eigenvalue weighted by Crippen LogP contribution is 2.33. The Bertz CT molecular complexity index is 658. The van der Waals surface area contributed by atoms with Crippen LogP contribution in [-0.2, 0) is 0 Å². The Balaban J connectivity index is 1.76. The number of piperidine rings is 2. The zero-order chi connectivity index (χ0) is 15.6. The molecule has 1 atom stereocenters. The molecule has 2 aromatic heterocycles. The average Bonchev–Trinajstić information content (AvgIpc) is 3.02. The average molecular weight is 313 g/mol. The summed E-state index contributed by atoms with van der Waals surface area (Å²) in [4.78, 5) is 12.3. The van der Waals surface area contributed by atoms with E-state index in [1.165, 1.54) is 38.1 Å². The SMILES string of the molecule is CCN1CCCC(n2c(C3CCNCC3)nc3cccnc32)C1. The van der Waals surface area contributed by atoms with Gasteiger partial charge in [-0.2, -0.15) is 0 Å². The molecule has 5 nitrogen and oxygen atoms in total. The van der Waals surface area contributed by atoms with E-state index in [-0.39, 0.29) is 0 Å².